The molecule has 3 fully saturated rings. The zero-order valence-corrected chi connectivity index (χ0v) is 19.7. The Labute approximate surface area is 194 Å². The third-order valence-corrected chi connectivity index (χ3v) is 7.78. The molecule has 0 radical (unpaired) electrons. The number of piperidine rings is 1. The predicted molar refractivity (Wildman–Crippen MR) is 129 cm³/mol. The summed E-state index contributed by atoms with van der Waals surface area (Å²) < 4.78 is 6.47. The molecule has 2 aliphatic carbocycles. The molecule has 3 aliphatic rings. The highest BCUT2D eigenvalue weighted by Gasteiger charge is 2.32. The molecule has 1 heterocycles. The van der Waals surface area contributed by atoms with Crippen LogP contribution in [0.4, 0.5) is 4.79 Å². The van der Waals surface area contributed by atoms with Crippen molar-refractivity contribution in [2.45, 2.75) is 82.8 Å². The third-order valence-electron chi connectivity index (χ3n) is 7.78. The summed E-state index contributed by atoms with van der Waals surface area (Å²) in [5, 5.41) is 3.27. The van der Waals surface area contributed by atoms with Gasteiger partial charge in [-0.15, -0.1) is 0 Å². The van der Waals surface area contributed by atoms with E-state index in [0.717, 1.165) is 44.9 Å². The molecule has 3 atom stereocenters. The van der Waals surface area contributed by atoms with Crippen molar-refractivity contribution in [2.24, 2.45) is 23.5 Å². The van der Waals surface area contributed by atoms with E-state index in [1.165, 1.54) is 56.9 Å². The molecule has 178 valence electrons. The second-order valence-electron chi connectivity index (χ2n) is 10.4. The summed E-state index contributed by atoms with van der Waals surface area (Å²) in [5.41, 5.74) is 7.29. The zero-order chi connectivity index (χ0) is 22.2. The fourth-order valence-electron chi connectivity index (χ4n) is 5.66. The molecule has 1 saturated heterocycles. The van der Waals surface area contributed by atoms with Crippen LogP contribution < -0.4 is 11.1 Å². The Kier molecular flexibility index (Phi) is 8.86. The number of nitrogens with two attached hydrogens (primary N) is 1. The molecule has 32 heavy (non-hydrogen) atoms. The van der Waals surface area contributed by atoms with Gasteiger partial charge in [0, 0.05) is 38.2 Å². The number of hydrogen-bond donors (Lipinski definition) is 2. The summed E-state index contributed by atoms with van der Waals surface area (Å²) in [6.45, 7) is 2.93. The van der Waals surface area contributed by atoms with E-state index < -0.39 is 0 Å². The third kappa shape index (κ3) is 6.95. The van der Waals surface area contributed by atoms with E-state index in [1.807, 2.05) is 4.90 Å². The number of ether oxygens (including phenoxy) is 1. The highest BCUT2D eigenvalue weighted by molar-refractivity contribution is 5.74. The topological polar surface area (TPSA) is 67.6 Å². The lowest BCUT2D eigenvalue weighted by Crippen LogP contribution is -2.51. The number of rotatable bonds is 10. The van der Waals surface area contributed by atoms with Gasteiger partial charge in [0.25, 0.3) is 0 Å². The second kappa shape index (κ2) is 12.0. The van der Waals surface area contributed by atoms with Gasteiger partial charge in [-0.3, -0.25) is 0 Å². The molecule has 5 nitrogen and oxygen atoms in total. The maximum Gasteiger partial charge on any atom is 0.317 e. The molecule has 0 aromatic heterocycles. The molecule has 1 aromatic rings. The highest BCUT2D eigenvalue weighted by Crippen LogP contribution is 2.36. The molecule has 2 amide bonds. The first kappa shape index (κ1) is 23.6. The van der Waals surface area contributed by atoms with Crippen molar-refractivity contribution in [3.05, 3.63) is 35.9 Å². The molecule has 0 bridgehead atoms. The fourth-order valence-corrected chi connectivity index (χ4v) is 5.66. The molecule has 2 saturated carbocycles. The van der Waals surface area contributed by atoms with Crippen LogP contribution in [0.2, 0.25) is 0 Å². The summed E-state index contributed by atoms with van der Waals surface area (Å²) in [4.78, 5) is 15.2. The number of urea groups is 1. The molecule has 5 heteroatoms. The Balaban J connectivity index is 1.33. The van der Waals surface area contributed by atoms with Gasteiger partial charge in [-0.2, -0.15) is 0 Å². The van der Waals surface area contributed by atoms with Gasteiger partial charge in [0.2, 0.25) is 0 Å². The Morgan fingerprint density at radius 2 is 1.81 bits per heavy atom. The number of nitrogens with zero attached hydrogens (tertiary/aromatic N) is 1. The van der Waals surface area contributed by atoms with Crippen LogP contribution in [-0.2, 0) is 4.74 Å². The van der Waals surface area contributed by atoms with E-state index in [9.17, 15) is 4.79 Å². The molecule has 3 unspecified atom stereocenters. The largest absolute Gasteiger partial charge is 0.373 e. The van der Waals surface area contributed by atoms with Gasteiger partial charge in [-0.1, -0.05) is 75.3 Å². The summed E-state index contributed by atoms with van der Waals surface area (Å²) in [7, 11) is 0. The van der Waals surface area contributed by atoms with Crippen LogP contribution in [-0.4, -0.2) is 43.2 Å². The minimum absolute atomic E-state index is 0.0609. The monoisotopic (exact) mass is 441 g/mol. The number of hydrogen-bond acceptors (Lipinski definition) is 3. The fraction of sp³-hybridized carbons (Fsp3) is 0.741. The van der Waals surface area contributed by atoms with Crippen LogP contribution in [0.3, 0.4) is 0 Å². The van der Waals surface area contributed by atoms with Crippen molar-refractivity contribution < 1.29 is 9.53 Å². The summed E-state index contributed by atoms with van der Waals surface area (Å²) >= 11 is 0. The molecule has 0 spiro atoms. The summed E-state index contributed by atoms with van der Waals surface area (Å²) in [6.07, 6.45) is 13.7. The van der Waals surface area contributed by atoms with Crippen LogP contribution in [0.5, 0.6) is 0 Å². The van der Waals surface area contributed by atoms with Gasteiger partial charge in [0.1, 0.15) is 0 Å². The van der Waals surface area contributed by atoms with Gasteiger partial charge < -0.3 is 20.7 Å². The van der Waals surface area contributed by atoms with Crippen LogP contribution in [0.25, 0.3) is 0 Å². The number of carbonyl (C=O) groups is 1. The number of nitrogens with one attached hydrogen (secondary N) is 1. The minimum atomic E-state index is 0.0609. The van der Waals surface area contributed by atoms with E-state index in [0.29, 0.717) is 18.4 Å². The Morgan fingerprint density at radius 3 is 2.53 bits per heavy atom. The van der Waals surface area contributed by atoms with Gasteiger partial charge in [0.15, 0.2) is 0 Å². The van der Waals surface area contributed by atoms with Gasteiger partial charge in [0.05, 0.1) is 6.10 Å². The number of benzene rings is 1. The lowest BCUT2D eigenvalue weighted by Gasteiger charge is -2.38. The molecular formula is C27H43N3O2. The van der Waals surface area contributed by atoms with E-state index >= 15 is 0 Å². The highest BCUT2D eigenvalue weighted by atomic mass is 16.5. The Hall–Kier alpha value is -1.59. The van der Waals surface area contributed by atoms with E-state index in [2.05, 4.69) is 35.6 Å². The Bertz CT molecular complexity index is 687. The van der Waals surface area contributed by atoms with Crippen LogP contribution >= 0.6 is 0 Å². The first-order valence-electron chi connectivity index (χ1n) is 13.1. The number of amides is 2. The predicted octanol–water partition coefficient (Wildman–Crippen LogP) is 5.26. The van der Waals surface area contributed by atoms with E-state index in [4.69, 9.17) is 10.5 Å². The van der Waals surface area contributed by atoms with Crippen molar-refractivity contribution in [2.75, 3.05) is 26.2 Å². The van der Waals surface area contributed by atoms with Crippen LogP contribution in [0.15, 0.2) is 30.3 Å². The first-order valence-corrected chi connectivity index (χ1v) is 13.1. The smallest absolute Gasteiger partial charge is 0.317 e. The van der Waals surface area contributed by atoms with E-state index in [1.54, 1.807) is 0 Å². The second-order valence-corrected chi connectivity index (χ2v) is 10.4. The van der Waals surface area contributed by atoms with Gasteiger partial charge >= 0.3 is 6.03 Å². The van der Waals surface area contributed by atoms with Crippen LogP contribution in [0.1, 0.15) is 82.3 Å². The van der Waals surface area contributed by atoms with Crippen molar-refractivity contribution in [3.63, 3.8) is 0 Å². The lowest BCUT2D eigenvalue weighted by molar-refractivity contribution is -0.0127. The lowest BCUT2D eigenvalue weighted by atomic mass is 9.85. The standard InChI is InChI=1S/C27H43N3O2/c28-19-25(18-22-8-3-1-4-9-22)29-27(31)30-16-7-12-24(20-30)26(23-10-5-2-6-11-23)32-17-15-21-13-14-21/h2,5-6,10-11,21-22,24-26H,1,3-4,7-9,12-20,28H2,(H,29,31). The molecule has 4 rings (SSSR count). The maximum atomic E-state index is 13.1. The molecule has 1 aliphatic heterocycles. The first-order chi connectivity index (χ1) is 15.7. The summed E-state index contributed by atoms with van der Waals surface area (Å²) in [5.74, 6) is 1.93. The quantitative estimate of drug-likeness (QED) is 0.520. The van der Waals surface area contributed by atoms with Crippen molar-refractivity contribution in [1.29, 1.82) is 0 Å². The van der Waals surface area contributed by atoms with Crippen molar-refractivity contribution in [1.82, 2.24) is 10.2 Å². The number of carbonyl (C=O) groups excluding carboxylic acids is 1. The molecule has 3 N–H and O–H groups in total. The van der Waals surface area contributed by atoms with Crippen molar-refractivity contribution >= 4 is 6.03 Å². The minimum Gasteiger partial charge on any atom is -0.373 e. The Morgan fingerprint density at radius 1 is 1.03 bits per heavy atom. The van der Waals surface area contributed by atoms with Crippen molar-refractivity contribution in [3.8, 4) is 0 Å². The SMILES string of the molecule is NCC(CC1CCCCC1)NC(=O)N1CCCC(C(OCCC2CC2)c2ccccc2)C1. The van der Waals surface area contributed by atoms with Gasteiger partial charge in [-0.25, -0.2) is 4.79 Å². The average Bonchev–Trinajstić information content (AvgIpc) is 3.67. The van der Waals surface area contributed by atoms with Gasteiger partial charge in [-0.05, 0) is 43.1 Å². The zero-order valence-electron chi connectivity index (χ0n) is 19.7. The molecular weight excluding hydrogens is 398 g/mol. The number of likely N-dealkylation sites (tertiary alicyclic amines) is 1. The average molecular weight is 442 g/mol. The van der Waals surface area contributed by atoms with Crippen LogP contribution in [0, 0.1) is 17.8 Å². The maximum absolute atomic E-state index is 13.1. The molecule has 1 aromatic carbocycles. The summed E-state index contributed by atoms with van der Waals surface area (Å²) in [6, 6.07) is 10.8. The van der Waals surface area contributed by atoms with E-state index in [-0.39, 0.29) is 18.2 Å². The normalized spacial score (nSPS) is 24.2.